The average Bonchev–Trinajstić information content (AvgIpc) is 3.19. The fourth-order valence-electron chi connectivity index (χ4n) is 4.79. The molecular weight excluding hydrogens is 442 g/mol. The van der Waals surface area contributed by atoms with Crippen LogP contribution in [-0.2, 0) is 16.9 Å². The first-order valence-electron chi connectivity index (χ1n) is 11.1. The van der Waals surface area contributed by atoms with Crippen LogP contribution in [0, 0.1) is 18.6 Å². The Labute approximate surface area is 195 Å². The quantitative estimate of drug-likeness (QED) is 0.636. The molecule has 2 aromatic heterocycles. The van der Waals surface area contributed by atoms with Crippen molar-refractivity contribution in [2.24, 2.45) is 0 Å². The van der Waals surface area contributed by atoms with E-state index in [1.165, 1.54) is 0 Å². The molecule has 3 amide bonds. The van der Waals surface area contributed by atoms with Crippen LogP contribution in [0.4, 0.5) is 25.1 Å². The third-order valence-electron chi connectivity index (χ3n) is 6.51. The van der Waals surface area contributed by atoms with Crippen molar-refractivity contribution >= 4 is 23.4 Å². The topological polar surface area (TPSA) is 83.4 Å². The van der Waals surface area contributed by atoms with Crippen LogP contribution in [0.3, 0.4) is 0 Å². The highest BCUT2D eigenvalue weighted by molar-refractivity contribution is 5.95. The second-order valence-corrected chi connectivity index (χ2v) is 8.87. The molecule has 1 saturated heterocycles. The molecule has 2 aliphatic heterocycles. The van der Waals surface area contributed by atoms with Gasteiger partial charge in [0, 0.05) is 43.3 Å². The lowest BCUT2D eigenvalue weighted by Gasteiger charge is -2.46. The molecule has 5 rings (SSSR count). The molecule has 0 saturated carbocycles. The van der Waals surface area contributed by atoms with Crippen molar-refractivity contribution in [2.45, 2.75) is 38.3 Å². The van der Waals surface area contributed by atoms with Crippen molar-refractivity contribution in [1.29, 1.82) is 0 Å². The molecular formula is C24H24F2N6O2. The molecule has 176 valence electrons. The summed E-state index contributed by atoms with van der Waals surface area (Å²) in [7, 11) is 0. The Kier molecular flexibility index (Phi) is 5.51. The lowest BCUT2D eigenvalue weighted by atomic mass is 9.82. The SMILES string of the molecule is Cc1cc2n(n1)C1(CCN(C(=O)Nc3cc(F)cc(F)c3)CC1)CC(=O)N2Cc1ccncc1. The Morgan fingerprint density at radius 3 is 2.44 bits per heavy atom. The number of anilines is 2. The van der Waals surface area contributed by atoms with Crippen molar-refractivity contribution < 1.29 is 18.4 Å². The summed E-state index contributed by atoms with van der Waals surface area (Å²) in [5.74, 6) is -0.755. The molecule has 0 bridgehead atoms. The maximum atomic E-state index is 13.5. The summed E-state index contributed by atoms with van der Waals surface area (Å²) in [6.45, 7) is 3.11. The van der Waals surface area contributed by atoms with Gasteiger partial charge in [0.15, 0.2) is 0 Å². The normalized spacial score (nSPS) is 17.1. The summed E-state index contributed by atoms with van der Waals surface area (Å²) in [4.78, 5) is 33.3. The number of hydrogen-bond acceptors (Lipinski definition) is 4. The molecule has 0 atom stereocenters. The van der Waals surface area contributed by atoms with Gasteiger partial charge in [-0.25, -0.2) is 18.3 Å². The lowest BCUT2D eigenvalue weighted by Crippen LogP contribution is -2.55. The minimum Gasteiger partial charge on any atom is -0.324 e. The van der Waals surface area contributed by atoms with E-state index >= 15 is 0 Å². The van der Waals surface area contributed by atoms with Crippen LogP contribution >= 0.6 is 0 Å². The summed E-state index contributed by atoms with van der Waals surface area (Å²) in [5, 5.41) is 7.27. The van der Waals surface area contributed by atoms with Crippen LogP contribution in [0.15, 0.2) is 48.8 Å². The zero-order valence-corrected chi connectivity index (χ0v) is 18.7. The van der Waals surface area contributed by atoms with Crippen LogP contribution in [0.1, 0.15) is 30.5 Å². The zero-order chi connectivity index (χ0) is 23.9. The van der Waals surface area contributed by atoms with E-state index in [4.69, 9.17) is 5.10 Å². The molecule has 3 aromatic rings. The van der Waals surface area contributed by atoms with Crippen LogP contribution in [0.5, 0.6) is 0 Å². The highest BCUT2D eigenvalue weighted by atomic mass is 19.1. The van der Waals surface area contributed by atoms with Gasteiger partial charge in [-0.15, -0.1) is 0 Å². The predicted octanol–water partition coefficient (Wildman–Crippen LogP) is 3.82. The van der Waals surface area contributed by atoms with Gasteiger partial charge in [-0.2, -0.15) is 5.10 Å². The Morgan fingerprint density at radius 1 is 1.09 bits per heavy atom. The van der Waals surface area contributed by atoms with Crippen LogP contribution < -0.4 is 10.2 Å². The summed E-state index contributed by atoms with van der Waals surface area (Å²) in [6, 6.07) is 8.14. The van der Waals surface area contributed by atoms with Gasteiger partial charge in [-0.05, 0) is 49.6 Å². The monoisotopic (exact) mass is 466 g/mol. The highest BCUT2D eigenvalue weighted by Gasteiger charge is 2.46. The Balaban J connectivity index is 1.33. The molecule has 34 heavy (non-hydrogen) atoms. The number of amides is 3. The number of pyridine rings is 1. The number of hydrogen-bond donors (Lipinski definition) is 1. The number of aromatic nitrogens is 3. The Hall–Kier alpha value is -3.82. The number of piperidine rings is 1. The maximum Gasteiger partial charge on any atom is 0.321 e. The van der Waals surface area contributed by atoms with Crippen LogP contribution in [0.25, 0.3) is 0 Å². The molecule has 8 nitrogen and oxygen atoms in total. The van der Waals surface area contributed by atoms with Gasteiger partial charge < -0.3 is 10.2 Å². The maximum absolute atomic E-state index is 13.5. The van der Waals surface area contributed by atoms with Gasteiger partial charge >= 0.3 is 6.03 Å². The van der Waals surface area contributed by atoms with E-state index in [2.05, 4.69) is 10.3 Å². The van der Waals surface area contributed by atoms with E-state index in [1.54, 1.807) is 22.2 Å². The first-order chi connectivity index (χ1) is 16.3. The summed E-state index contributed by atoms with van der Waals surface area (Å²) >= 11 is 0. The number of urea groups is 1. The molecule has 0 aliphatic carbocycles. The number of rotatable bonds is 3. The number of fused-ring (bicyclic) bond motifs is 2. The molecule has 10 heteroatoms. The molecule has 0 unspecified atom stereocenters. The smallest absolute Gasteiger partial charge is 0.321 e. The lowest BCUT2D eigenvalue weighted by molar-refractivity contribution is -0.123. The number of likely N-dealkylation sites (tertiary alicyclic amines) is 1. The van der Waals surface area contributed by atoms with E-state index in [0.717, 1.165) is 35.3 Å². The summed E-state index contributed by atoms with van der Waals surface area (Å²) in [5.41, 5.74) is 1.34. The third kappa shape index (κ3) is 4.11. The number of benzene rings is 1. The average molecular weight is 466 g/mol. The van der Waals surface area contributed by atoms with Crippen LogP contribution in [-0.4, -0.2) is 44.7 Å². The van der Waals surface area contributed by atoms with E-state index in [9.17, 15) is 18.4 Å². The molecule has 0 radical (unpaired) electrons. The van der Waals surface area contributed by atoms with E-state index < -0.39 is 23.2 Å². The fraction of sp³-hybridized carbons (Fsp3) is 0.333. The van der Waals surface area contributed by atoms with Gasteiger partial charge in [0.1, 0.15) is 17.5 Å². The molecule has 1 fully saturated rings. The standard InChI is InChI=1S/C24H24F2N6O2/c1-16-10-21-31(15-17-2-6-27-7-3-17)22(33)14-24(32(21)29-16)4-8-30(9-5-24)23(34)28-20-12-18(25)11-19(26)13-20/h2-3,6-7,10-13H,4-5,8-9,14-15H2,1H3,(H,28,34). The van der Waals surface area contributed by atoms with Crippen molar-refractivity contribution in [3.05, 3.63) is 71.7 Å². The first-order valence-corrected chi connectivity index (χ1v) is 11.1. The number of nitrogens with zero attached hydrogens (tertiary/aromatic N) is 5. The molecule has 1 spiro atoms. The molecule has 4 heterocycles. The van der Waals surface area contributed by atoms with E-state index in [-0.39, 0.29) is 18.0 Å². The Bertz CT molecular complexity index is 1220. The molecule has 2 aliphatic rings. The number of halogens is 2. The number of carbonyl (C=O) groups is 2. The second kappa shape index (κ2) is 8.51. The third-order valence-corrected chi connectivity index (χ3v) is 6.51. The first kappa shape index (κ1) is 22.0. The van der Waals surface area contributed by atoms with Gasteiger partial charge in [-0.3, -0.25) is 14.7 Å². The van der Waals surface area contributed by atoms with E-state index in [0.29, 0.717) is 32.5 Å². The molecule has 1 aromatic carbocycles. The van der Waals surface area contributed by atoms with Gasteiger partial charge in [0.25, 0.3) is 0 Å². The highest BCUT2D eigenvalue weighted by Crippen LogP contribution is 2.42. The number of nitrogens with one attached hydrogen (secondary N) is 1. The summed E-state index contributed by atoms with van der Waals surface area (Å²) < 4.78 is 28.9. The summed E-state index contributed by atoms with van der Waals surface area (Å²) in [6.07, 6.45) is 4.78. The van der Waals surface area contributed by atoms with Gasteiger partial charge in [0.2, 0.25) is 5.91 Å². The molecule has 1 N–H and O–H groups in total. The van der Waals surface area contributed by atoms with Crippen molar-refractivity contribution in [1.82, 2.24) is 19.7 Å². The minimum atomic E-state index is -0.758. The van der Waals surface area contributed by atoms with Gasteiger partial charge in [-0.1, -0.05) is 0 Å². The number of carbonyl (C=O) groups excluding carboxylic acids is 2. The van der Waals surface area contributed by atoms with Gasteiger partial charge in [0.05, 0.1) is 24.2 Å². The second-order valence-electron chi connectivity index (χ2n) is 8.87. The van der Waals surface area contributed by atoms with E-state index in [1.807, 2.05) is 29.8 Å². The predicted molar refractivity (Wildman–Crippen MR) is 121 cm³/mol. The number of aryl methyl sites for hydroxylation is 1. The van der Waals surface area contributed by atoms with Crippen molar-refractivity contribution in [2.75, 3.05) is 23.3 Å². The van der Waals surface area contributed by atoms with Crippen molar-refractivity contribution in [3.63, 3.8) is 0 Å². The fourth-order valence-corrected chi connectivity index (χ4v) is 4.79. The minimum absolute atomic E-state index is 0.0114. The zero-order valence-electron chi connectivity index (χ0n) is 18.7. The van der Waals surface area contributed by atoms with Crippen LogP contribution in [0.2, 0.25) is 0 Å². The van der Waals surface area contributed by atoms with Crippen molar-refractivity contribution in [3.8, 4) is 0 Å². The Morgan fingerprint density at radius 2 is 1.76 bits per heavy atom. The largest absolute Gasteiger partial charge is 0.324 e.